The predicted octanol–water partition coefficient (Wildman–Crippen LogP) is 2.51. The van der Waals surface area contributed by atoms with E-state index in [0.29, 0.717) is 0 Å². The minimum Gasteiger partial charge on any atom is -0.200 e. The Hall–Kier alpha value is -0.680. The largest absolute Gasteiger partial charge is 0.451 e. The molecule has 0 unspecified atom stereocenters. The molecule has 1 aromatic heterocycles. The van der Waals surface area contributed by atoms with Gasteiger partial charge in [-0.3, -0.25) is 0 Å². The first kappa shape index (κ1) is 12.4. The summed E-state index contributed by atoms with van der Waals surface area (Å²) in [7, 11) is 0. The van der Waals surface area contributed by atoms with Crippen molar-refractivity contribution in [2.45, 2.75) is 12.4 Å². The number of halogens is 7. The van der Waals surface area contributed by atoms with Crippen LogP contribution >= 0.6 is 22.6 Å². The molecule has 0 aliphatic rings. The molecule has 0 aliphatic carbocycles. The summed E-state index contributed by atoms with van der Waals surface area (Å²) in [6.45, 7) is 0. The number of nitrogens with zero attached hydrogens (tertiary/aromatic N) is 3. The van der Waals surface area contributed by atoms with Crippen molar-refractivity contribution in [1.29, 1.82) is 0 Å². The monoisotopic (exact) mass is 343 g/mol. The van der Waals surface area contributed by atoms with Crippen molar-refractivity contribution < 1.29 is 26.3 Å². The Kier molecular flexibility index (Phi) is 3.07. The van der Waals surface area contributed by atoms with E-state index < -0.39 is 27.8 Å². The van der Waals surface area contributed by atoms with Crippen molar-refractivity contribution in [3.05, 3.63) is 15.5 Å². The van der Waals surface area contributed by atoms with Gasteiger partial charge in [0.2, 0.25) is 11.6 Å². The molecular weight excluding hydrogens is 343 g/mol. The highest BCUT2D eigenvalue weighted by molar-refractivity contribution is 14.1. The molecule has 0 atom stereocenters. The third-order valence-electron chi connectivity index (χ3n) is 1.12. The summed E-state index contributed by atoms with van der Waals surface area (Å²) in [5, 5.41) is 0. The maximum absolute atomic E-state index is 12.0. The van der Waals surface area contributed by atoms with E-state index in [2.05, 4.69) is 15.0 Å². The molecule has 0 amide bonds. The van der Waals surface area contributed by atoms with Gasteiger partial charge in [-0.15, -0.1) is 0 Å². The number of alkyl halides is 6. The average molecular weight is 343 g/mol. The fraction of sp³-hybridized carbons (Fsp3) is 0.400. The summed E-state index contributed by atoms with van der Waals surface area (Å²) in [6.07, 6.45) is -10.0. The third-order valence-corrected chi connectivity index (χ3v) is 1.60. The van der Waals surface area contributed by atoms with Crippen molar-refractivity contribution in [3.8, 4) is 0 Å². The molecule has 0 N–H and O–H groups in total. The first-order chi connectivity index (χ1) is 6.60. The molecule has 0 aliphatic heterocycles. The molecule has 3 nitrogen and oxygen atoms in total. The summed E-state index contributed by atoms with van der Waals surface area (Å²) < 4.78 is 71.4. The van der Waals surface area contributed by atoms with Gasteiger partial charge in [0.15, 0.2) is 3.83 Å². The lowest BCUT2D eigenvalue weighted by Crippen LogP contribution is -2.20. The minimum atomic E-state index is -5.02. The Balaban J connectivity index is 3.30. The predicted molar refractivity (Wildman–Crippen MR) is 42.5 cm³/mol. The van der Waals surface area contributed by atoms with Gasteiger partial charge >= 0.3 is 12.4 Å². The molecule has 0 saturated carbocycles. The second-order valence-electron chi connectivity index (χ2n) is 2.25. The van der Waals surface area contributed by atoms with Gasteiger partial charge in [-0.1, -0.05) is 0 Å². The number of hydrogen-bond donors (Lipinski definition) is 0. The van der Waals surface area contributed by atoms with Crippen LogP contribution in [0.3, 0.4) is 0 Å². The van der Waals surface area contributed by atoms with Gasteiger partial charge in [0.25, 0.3) is 0 Å². The molecule has 0 fully saturated rings. The quantitative estimate of drug-likeness (QED) is 0.537. The van der Waals surface area contributed by atoms with Crippen molar-refractivity contribution in [3.63, 3.8) is 0 Å². The van der Waals surface area contributed by atoms with E-state index in [1.54, 1.807) is 0 Å². The van der Waals surface area contributed by atoms with Gasteiger partial charge in [-0.2, -0.15) is 36.3 Å². The molecule has 15 heavy (non-hydrogen) atoms. The van der Waals surface area contributed by atoms with E-state index in [4.69, 9.17) is 0 Å². The van der Waals surface area contributed by atoms with Crippen LogP contribution in [0, 0.1) is 3.83 Å². The van der Waals surface area contributed by atoms with Crippen LogP contribution in [0.15, 0.2) is 0 Å². The summed E-state index contributed by atoms with van der Waals surface area (Å²) in [6, 6.07) is 0. The van der Waals surface area contributed by atoms with Crippen LogP contribution in [-0.2, 0) is 12.4 Å². The molecule has 0 saturated heterocycles. The molecule has 1 rings (SSSR count). The van der Waals surface area contributed by atoms with Gasteiger partial charge in [0.1, 0.15) is 0 Å². The van der Waals surface area contributed by atoms with Crippen LogP contribution in [0.1, 0.15) is 11.6 Å². The second kappa shape index (κ2) is 3.72. The molecule has 0 aromatic carbocycles. The lowest BCUT2D eigenvalue weighted by Gasteiger charge is -2.08. The van der Waals surface area contributed by atoms with Crippen LogP contribution in [0.2, 0.25) is 0 Å². The van der Waals surface area contributed by atoms with Crippen LogP contribution < -0.4 is 0 Å². The molecule has 10 heteroatoms. The van der Waals surface area contributed by atoms with E-state index in [0.717, 1.165) is 22.6 Å². The Morgan fingerprint density at radius 1 is 0.733 bits per heavy atom. The average Bonchev–Trinajstić information content (AvgIpc) is 1.99. The zero-order valence-electron chi connectivity index (χ0n) is 6.49. The highest BCUT2D eigenvalue weighted by Gasteiger charge is 2.41. The second-order valence-corrected chi connectivity index (χ2v) is 3.21. The minimum absolute atomic E-state index is 0.665. The number of rotatable bonds is 0. The Bertz CT molecular complexity index is 340. The van der Waals surface area contributed by atoms with Crippen molar-refractivity contribution in [1.82, 2.24) is 15.0 Å². The van der Waals surface area contributed by atoms with Gasteiger partial charge in [-0.25, -0.2) is 4.98 Å². The fourth-order valence-corrected chi connectivity index (χ4v) is 1.06. The van der Waals surface area contributed by atoms with Crippen molar-refractivity contribution in [2.75, 3.05) is 0 Å². The van der Waals surface area contributed by atoms with Gasteiger partial charge in [-0.05, 0) is 0 Å². The molecule has 0 bridgehead atoms. The van der Waals surface area contributed by atoms with Crippen LogP contribution in [0.25, 0.3) is 0 Å². The highest BCUT2D eigenvalue weighted by Crippen LogP contribution is 2.30. The maximum atomic E-state index is 12.0. The summed E-state index contributed by atoms with van der Waals surface area (Å²) in [5.41, 5.74) is 0. The zero-order chi connectivity index (χ0) is 11.9. The van der Waals surface area contributed by atoms with E-state index in [1.807, 2.05) is 0 Å². The normalized spacial score (nSPS) is 13.0. The highest BCUT2D eigenvalue weighted by atomic mass is 127. The van der Waals surface area contributed by atoms with Gasteiger partial charge in [0.05, 0.1) is 0 Å². The molecule has 84 valence electrons. The Morgan fingerprint density at radius 2 is 1.07 bits per heavy atom. The zero-order valence-corrected chi connectivity index (χ0v) is 8.64. The third kappa shape index (κ3) is 3.14. The SMILES string of the molecule is FC(F)(F)c1nc(I)nc(C(F)(F)F)n1. The standard InChI is InChI=1S/C5F6IN3/c6-4(7,8)1-13-2(5(9,10)11)15-3(12)14-1. The van der Waals surface area contributed by atoms with Gasteiger partial charge < -0.3 is 0 Å². The summed E-state index contributed by atoms with van der Waals surface area (Å²) in [4.78, 5) is 7.82. The molecular formula is C5F6IN3. The van der Waals surface area contributed by atoms with Crippen LogP contribution in [0.4, 0.5) is 26.3 Å². The first-order valence-corrected chi connectivity index (χ1v) is 4.24. The topological polar surface area (TPSA) is 38.7 Å². The molecule has 0 spiro atoms. The maximum Gasteiger partial charge on any atom is 0.451 e. The van der Waals surface area contributed by atoms with Crippen molar-refractivity contribution >= 4 is 22.6 Å². The van der Waals surface area contributed by atoms with E-state index in [9.17, 15) is 26.3 Å². The lowest BCUT2D eigenvalue weighted by molar-refractivity contribution is -0.155. The summed E-state index contributed by atoms with van der Waals surface area (Å²) >= 11 is 1.15. The van der Waals surface area contributed by atoms with Gasteiger partial charge in [0, 0.05) is 22.6 Å². The number of hydrogen-bond acceptors (Lipinski definition) is 3. The molecule has 0 radical (unpaired) electrons. The van der Waals surface area contributed by atoms with Crippen LogP contribution in [0.5, 0.6) is 0 Å². The summed E-state index contributed by atoms with van der Waals surface area (Å²) in [5.74, 6) is -3.71. The Labute approximate surface area is 92.1 Å². The smallest absolute Gasteiger partial charge is 0.200 e. The van der Waals surface area contributed by atoms with E-state index >= 15 is 0 Å². The molecule has 1 aromatic rings. The van der Waals surface area contributed by atoms with Crippen molar-refractivity contribution in [2.24, 2.45) is 0 Å². The van der Waals surface area contributed by atoms with E-state index in [1.165, 1.54) is 0 Å². The fourth-order valence-electron chi connectivity index (χ4n) is 0.604. The Morgan fingerprint density at radius 3 is 1.33 bits per heavy atom. The molecule has 1 heterocycles. The van der Waals surface area contributed by atoms with Crippen LogP contribution in [-0.4, -0.2) is 15.0 Å². The number of aromatic nitrogens is 3. The van der Waals surface area contributed by atoms with E-state index in [-0.39, 0.29) is 0 Å². The first-order valence-electron chi connectivity index (χ1n) is 3.16. The lowest BCUT2D eigenvalue weighted by atomic mass is 10.5.